The molecule has 1 aromatic carbocycles. The molecule has 1 aliphatic rings. The van der Waals surface area contributed by atoms with Crippen molar-refractivity contribution in [2.75, 3.05) is 11.4 Å². The van der Waals surface area contributed by atoms with Crippen molar-refractivity contribution in [2.24, 2.45) is 5.73 Å². The van der Waals surface area contributed by atoms with E-state index in [-0.39, 0.29) is 0 Å². The fourth-order valence-electron chi connectivity index (χ4n) is 2.55. The Morgan fingerprint density at radius 1 is 1.35 bits per heavy atom. The summed E-state index contributed by atoms with van der Waals surface area (Å²) in [6.45, 7) is 3.03. The molecule has 5 heteroatoms. The number of hydrogen-bond acceptors (Lipinski definition) is 4. The summed E-state index contributed by atoms with van der Waals surface area (Å²) in [5, 5.41) is 0. The predicted octanol–water partition coefficient (Wildman–Crippen LogP) is 2.50. The van der Waals surface area contributed by atoms with Crippen LogP contribution in [0.15, 0.2) is 30.5 Å². The smallest absolute Gasteiger partial charge is 0.230 e. The Bertz CT molecular complexity index is 669. The maximum atomic E-state index is 5.65. The summed E-state index contributed by atoms with van der Waals surface area (Å²) in [6, 6.07) is 8.24. The van der Waals surface area contributed by atoms with Gasteiger partial charge in [-0.05, 0) is 37.5 Å². The first-order valence-corrected chi connectivity index (χ1v) is 7.06. The number of rotatable bonds is 2. The largest absolute Gasteiger partial charge is 0.388 e. The van der Waals surface area contributed by atoms with Crippen molar-refractivity contribution in [1.29, 1.82) is 0 Å². The Kier molecular flexibility index (Phi) is 3.36. The van der Waals surface area contributed by atoms with E-state index >= 15 is 0 Å². The zero-order chi connectivity index (χ0) is 14.1. The third kappa shape index (κ3) is 2.36. The Morgan fingerprint density at radius 2 is 2.20 bits per heavy atom. The molecule has 0 unspecified atom stereocenters. The molecule has 0 radical (unpaired) electrons. The molecule has 20 heavy (non-hydrogen) atoms. The summed E-state index contributed by atoms with van der Waals surface area (Å²) in [4.78, 5) is 11.3. The topological polar surface area (TPSA) is 55.0 Å². The van der Waals surface area contributed by atoms with Crippen molar-refractivity contribution < 1.29 is 0 Å². The second-order valence-corrected chi connectivity index (χ2v) is 5.43. The summed E-state index contributed by atoms with van der Waals surface area (Å²) < 4.78 is 0. The summed E-state index contributed by atoms with van der Waals surface area (Å²) in [7, 11) is 0. The van der Waals surface area contributed by atoms with Crippen LogP contribution in [0.2, 0.25) is 0 Å². The number of fused-ring (bicyclic) bond motifs is 1. The van der Waals surface area contributed by atoms with Gasteiger partial charge in [0.1, 0.15) is 10.7 Å². The van der Waals surface area contributed by atoms with Gasteiger partial charge in [-0.3, -0.25) is 0 Å². The number of nitrogens with two attached hydrogens (primary N) is 1. The molecule has 2 N–H and O–H groups in total. The Labute approximate surface area is 123 Å². The molecule has 0 atom stereocenters. The van der Waals surface area contributed by atoms with Gasteiger partial charge in [0.05, 0.1) is 0 Å². The molecule has 0 fully saturated rings. The van der Waals surface area contributed by atoms with Gasteiger partial charge in [0.2, 0.25) is 5.95 Å². The highest BCUT2D eigenvalue weighted by Crippen LogP contribution is 2.32. The number of nitrogens with zero attached hydrogens (tertiary/aromatic N) is 3. The molecular weight excluding hydrogens is 268 g/mol. The van der Waals surface area contributed by atoms with Crippen LogP contribution in [0.4, 0.5) is 11.6 Å². The summed E-state index contributed by atoms with van der Waals surface area (Å²) in [5.74, 6) is 0.667. The first-order chi connectivity index (χ1) is 9.65. The monoisotopic (exact) mass is 284 g/mol. The van der Waals surface area contributed by atoms with E-state index in [0.29, 0.717) is 16.6 Å². The van der Waals surface area contributed by atoms with Crippen LogP contribution in [-0.2, 0) is 6.42 Å². The van der Waals surface area contributed by atoms with Gasteiger partial charge in [0.25, 0.3) is 0 Å². The minimum atomic E-state index is 0.301. The lowest BCUT2D eigenvalue weighted by Gasteiger charge is -2.29. The van der Waals surface area contributed by atoms with Crippen molar-refractivity contribution in [3.8, 4) is 0 Å². The van der Waals surface area contributed by atoms with Crippen LogP contribution in [0.25, 0.3) is 0 Å². The average molecular weight is 284 g/mol. The predicted molar refractivity (Wildman–Crippen MR) is 84.4 cm³/mol. The summed E-state index contributed by atoms with van der Waals surface area (Å²) in [5.41, 5.74) is 10.1. The van der Waals surface area contributed by atoms with Crippen LogP contribution in [0.3, 0.4) is 0 Å². The molecule has 0 aliphatic carbocycles. The van der Waals surface area contributed by atoms with E-state index in [0.717, 1.165) is 19.4 Å². The lowest BCUT2D eigenvalue weighted by atomic mass is 10.00. The summed E-state index contributed by atoms with van der Waals surface area (Å²) in [6.07, 6.45) is 3.90. The van der Waals surface area contributed by atoms with Crippen LogP contribution in [0.1, 0.15) is 23.2 Å². The minimum absolute atomic E-state index is 0.301. The maximum absolute atomic E-state index is 5.65. The molecule has 0 amide bonds. The first-order valence-electron chi connectivity index (χ1n) is 6.65. The number of hydrogen-bond donors (Lipinski definition) is 1. The Hall–Kier alpha value is -2.01. The van der Waals surface area contributed by atoms with E-state index in [1.54, 1.807) is 12.3 Å². The van der Waals surface area contributed by atoms with E-state index in [9.17, 15) is 0 Å². The van der Waals surface area contributed by atoms with Crippen molar-refractivity contribution in [3.05, 3.63) is 47.3 Å². The molecule has 0 bridgehead atoms. The molecular formula is C15H16N4S. The lowest BCUT2D eigenvalue weighted by molar-refractivity contribution is 0.749. The minimum Gasteiger partial charge on any atom is -0.388 e. The molecule has 0 saturated heterocycles. The molecule has 2 aromatic rings. The Morgan fingerprint density at radius 3 is 3.00 bits per heavy atom. The van der Waals surface area contributed by atoms with Crippen LogP contribution < -0.4 is 10.6 Å². The number of aromatic nitrogens is 2. The van der Waals surface area contributed by atoms with Gasteiger partial charge < -0.3 is 10.6 Å². The standard InChI is InChI=1S/C15H16N4S/c1-10-4-5-13-11(9-10)3-2-8-19(13)15-17-7-6-12(18-15)14(16)20/h4-7,9H,2-3,8H2,1H3,(H2,16,20). The molecule has 1 aliphatic heterocycles. The van der Waals surface area contributed by atoms with Gasteiger partial charge in [0, 0.05) is 18.4 Å². The van der Waals surface area contributed by atoms with Crippen molar-refractivity contribution in [1.82, 2.24) is 9.97 Å². The van der Waals surface area contributed by atoms with E-state index < -0.39 is 0 Å². The van der Waals surface area contributed by atoms with Gasteiger partial charge in [-0.1, -0.05) is 29.9 Å². The lowest BCUT2D eigenvalue weighted by Crippen LogP contribution is -2.27. The normalized spacial score (nSPS) is 13.9. The van der Waals surface area contributed by atoms with Crippen molar-refractivity contribution in [2.45, 2.75) is 19.8 Å². The summed E-state index contributed by atoms with van der Waals surface area (Å²) >= 11 is 4.99. The van der Waals surface area contributed by atoms with Crippen molar-refractivity contribution in [3.63, 3.8) is 0 Å². The molecule has 1 aromatic heterocycles. The van der Waals surface area contributed by atoms with E-state index in [1.165, 1.54) is 16.8 Å². The van der Waals surface area contributed by atoms with Crippen LogP contribution in [0, 0.1) is 6.92 Å². The highest BCUT2D eigenvalue weighted by Gasteiger charge is 2.20. The SMILES string of the molecule is Cc1ccc2c(c1)CCCN2c1nccc(C(N)=S)n1. The highest BCUT2D eigenvalue weighted by molar-refractivity contribution is 7.80. The van der Waals surface area contributed by atoms with Gasteiger partial charge in [0.15, 0.2) is 0 Å². The van der Waals surface area contributed by atoms with Crippen molar-refractivity contribution >= 4 is 28.8 Å². The highest BCUT2D eigenvalue weighted by atomic mass is 32.1. The van der Waals surface area contributed by atoms with E-state index in [1.807, 2.05) is 0 Å². The first kappa shape index (κ1) is 13.0. The molecule has 4 nitrogen and oxygen atoms in total. The second kappa shape index (κ2) is 5.17. The molecule has 2 heterocycles. The fraction of sp³-hybridized carbons (Fsp3) is 0.267. The van der Waals surface area contributed by atoms with Crippen LogP contribution in [0.5, 0.6) is 0 Å². The molecule has 0 saturated carbocycles. The van der Waals surface area contributed by atoms with E-state index in [4.69, 9.17) is 18.0 Å². The number of thiocarbonyl (C=S) groups is 1. The average Bonchev–Trinajstić information content (AvgIpc) is 2.46. The second-order valence-electron chi connectivity index (χ2n) is 4.99. The third-order valence-electron chi connectivity index (χ3n) is 3.49. The zero-order valence-electron chi connectivity index (χ0n) is 11.3. The molecule has 3 rings (SSSR count). The Balaban J connectivity index is 2.04. The number of benzene rings is 1. The number of aryl methyl sites for hydroxylation is 2. The zero-order valence-corrected chi connectivity index (χ0v) is 12.2. The van der Waals surface area contributed by atoms with Crippen LogP contribution in [-0.4, -0.2) is 21.5 Å². The van der Waals surface area contributed by atoms with E-state index in [2.05, 4.69) is 40.0 Å². The van der Waals surface area contributed by atoms with Crippen LogP contribution >= 0.6 is 12.2 Å². The van der Waals surface area contributed by atoms with Gasteiger partial charge >= 0.3 is 0 Å². The van der Waals surface area contributed by atoms with Gasteiger partial charge in [-0.2, -0.15) is 0 Å². The fourth-order valence-corrected chi connectivity index (χ4v) is 2.66. The molecule has 102 valence electrons. The number of anilines is 2. The van der Waals surface area contributed by atoms with Gasteiger partial charge in [-0.15, -0.1) is 0 Å². The third-order valence-corrected chi connectivity index (χ3v) is 3.70. The maximum Gasteiger partial charge on any atom is 0.230 e. The van der Waals surface area contributed by atoms with Gasteiger partial charge in [-0.25, -0.2) is 9.97 Å². The molecule has 0 spiro atoms. The quantitative estimate of drug-likeness (QED) is 0.859.